The van der Waals surface area contributed by atoms with Crippen LogP contribution in [-0.2, 0) is 4.79 Å². The number of rotatable bonds is 2. The van der Waals surface area contributed by atoms with Crippen LogP contribution in [0.2, 0.25) is 0 Å². The number of carbonyl (C=O) groups excluding carboxylic acids is 1. The lowest BCUT2D eigenvalue weighted by molar-refractivity contribution is -0.128. The van der Waals surface area contributed by atoms with E-state index >= 15 is 0 Å². The van der Waals surface area contributed by atoms with Crippen molar-refractivity contribution < 1.29 is 9.63 Å². The highest BCUT2D eigenvalue weighted by Crippen LogP contribution is 2.09. The minimum absolute atomic E-state index is 0.138. The fourth-order valence-corrected chi connectivity index (χ4v) is 1.44. The first-order valence-electron chi connectivity index (χ1n) is 4.32. The van der Waals surface area contributed by atoms with Crippen molar-refractivity contribution >= 4 is 17.5 Å². The summed E-state index contributed by atoms with van der Waals surface area (Å²) in [5.41, 5.74) is 1.00. The maximum absolute atomic E-state index is 11.6. The first-order valence-corrected chi connectivity index (χ1v) is 4.32. The lowest BCUT2D eigenvalue weighted by atomic mass is 10.2. The van der Waals surface area contributed by atoms with E-state index in [0.29, 0.717) is 11.0 Å². The van der Waals surface area contributed by atoms with Gasteiger partial charge < -0.3 is 4.84 Å². The van der Waals surface area contributed by atoms with Crippen molar-refractivity contribution in [2.75, 3.05) is 0 Å². The molecule has 2 aromatic heterocycles. The molecule has 0 radical (unpaired) electrons. The number of pyridine rings is 2. The third-order valence-corrected chi connectivity index (χ3v) is 2.11. The zero-order valence-corrected chi connectivity index (χ0v) is 8.01. The van der Waals surface area contributed by atoms with Crippen LogP contribution in [-0.4, -0.2) is 16.2 Å². The van der Waals surface area contributed by atoms with Gasteiger partial charge in [0, 0.05) is 12.3 Å². The molecule has 0 saturated heterocycles. The molecule has 76 valence electrons. The Morgan fingerprint density at radius 1 is 1.47 bits per heavy atom. The van der Waals surface area contributed by atoms with E-state index in [1.165, 1.54) is 12.3 Å². The van der Waals surface area contributed by atoms with Crippen LogP contribution >= 0.6 is 0 Å². The van der Waals surface area contributed by atoms with Crippen molar-refractivity contribution in [1.29, 1.82) is 0 Å². The van der Waals surface area contributed by atoms with E-state index in [2.05, 4.69) is 9.82 Å². The van der Waals surface area contributed by atoms with Crippen LogP contribution in [0.25, 0.3) is 11.0 Å². The molecule has 0 fully saturated rings. The standard InChI is InChI=1S/C10H8N2O3/c1-7-2-4-11-10-9(7)8(14)3-5-12(10)15-6-13/h2-6H,1H3. The summed E-state index contributed by atoms with van der Waals surface area (Å²) < 4.78 is 1.16. The quantitative estimate of drug-likeness (QED) is 0.659. The van der Waals surface area contributed by atoms with Gasteiger partial charge in [0.1, 0.15) is 0 Å². The molecule has 0 aliphatic carbocycles. The Morgan fingerprint density at radius 3 is 3.00 bits per heavy atom. The molecule has 2 heterocycles. The fraction of sp³-hybridized carbons (Fsp3) is 0.100. The summed E-state index contributed by atoms with van der Waals surface area (Å²) in [6.45, 7) is 2.09. The Kier molecular flexibility index (Phi) is 2.21. The molecule has 0 aromatic carbocycles. The van der Waals surface area contributed by atoms with Gasteiger partial charge in [-0.3, -0.25) is 9.59 Å². The van der Waals surface area contributed by atoms with E-state index in [4.69, 9.17) is 0 Å². The molecule has 15 heavy (non-hydrogen) atoms. The number of aromatic nitrogens is 2. The molecular weight excluding hydrogens is 196 g/mol. The molecule has 0 atom stereocenters. The molecule has 0 unspecified atom stereocenters. The van der Waals surface area contributed by atoms with Crippen molar-refractivity contribution in [3.05, 3.63) is 40.3 Å². The number of nitrogens with zero attached hydrogens (tertiary/aromatic N) is 2. The van der Waals surface area contributed by atoms with Gasteiger partial charge in [0.2, 0.25) is 0 Å². The number of fused-ring (bicyclic) bond motifs is 1. The normalized spacial score (nSPS) is 10.2. The minimum Gasteiger partial charge on any atom is -0.338 e. The van der Waals surface area contributed by atoms with Crippen molar-refractivity contribution in [2.45, 2.75) is 6.92 Å². The monoisotopic (exact) mass is 204 g/mol. The predicted octanol–water partition coefficient (Wildman–Crippen LogP) is 0.290. The molecule has 2 rings (SSSR count). The summed E-state index contributed by atoms with van der Waals surface area (Å²) >= 11 is 0. The lowest BCUT2D eigenvalue weighted by Crippen LogP contribution is -2.16. The van der Waals surface area contributed by atoms with Crippen LogP contribution in [0.4, 0.5) is 0 Å². The first kappa shape index (κ1) is 9.39. The van der Waals surface area contributed by atoms with E-state index in [1.807, 2.05) is 0 Å². The summed E-state index contributed by atoms with van der Waals surface area (Å²) in [4.78, 5) is 30.5. The smallest absolute Gasteiger partial charge is 0.321 e. The van der Waals surface area contributed by atoms with Crippen LogP contribution in [0.15, 0.2) is 29.3 Å². The van der Waals surface area contributed by atoms with Gasteiger partial charge >= 0.3 is 6.47 Å². The summed E-state index contributed by atoms with van der Waals surface area (Å²) in [5, 5.41) is 0.460. The molecule has 0 N–H and O–H groups in total. The van der Waals surface area contributed by atoms with Crippen LogP contribution in [0.1, 0.15) is 5.56 Å². The van der Waals surface area contributed by atoms with Crippen molar-refractivity contribution in [3.8, 4) is 0 Å². The van der Waals surface area contributed by atoms with E-state index in [9.17, 15) is 9.59 Å². The van der Waals surface area contributed by atoms with Gasteiger partial charge in [-0.25, -0.2) is 4.98 Å². The predicted molar refractivity (Wildman–Crippen MR) is 53.4 cm³/mol. The van der Waals surface area contributed by atoms with Gasteiger partial charge in [-0.1, -0.05) is 0 Å². The van der Waals surface area contributed by atoms with Gasteiger partial charge in [0.25, 0.3) is 0 Å². The zero-order chi connectivity index (χ0) is 10.8. The highest BCUT2D eigenvalue weighted by atomic mass is 16.7. The van der Waals surface area contributed by atoms with E-state index < -0.39 is 0 Å². The largest absolute Gasteiger partial charge is 0.338 e. The minimum atomic E-state index is -0.138. The molecular formula is C10H8N2O3. The average molecular weight is 204 g/mol. The summed E-state index contributed by atoms with van der Waals surface area (Å²) in [6.07, 6.45) is 2.92. The second-order valence-electron chi connectivity index (χ2n) is 3.03. The molecule has 0 aliphatic rings. The highest BCUT2D eigenvalue weighted by molar-refractivity contribution is 5.78. The Hall–Kier alpha value is -2.17. The second-order valence-corrected chi connectivity index (χ2v) is 3.03. The molecule has 0 saturated carbocycles. The molecule has 5 heteroatoms. The molecule has 0 spiro atoms. The Morgan fingerprint density at radius 2 is 2.27 bits per heavy atom. The summed E-state index contributed by atoms with van der Waals surface area (Å²) in [7, 11) is 0. The molecule has 2 aromatic rings. The summed E-state index contributed by atoms with van der Waals surface area (Å²) in [5.74, 6) is 0. The van der Waals surface area contributed by atoms with Crippen LogP contribution in [0, 0.1) is 6.92 Å². The molecule has 0 amide bonds. The van der Waals surface area contributed by atoms with Crippen LogP contribution < -0.4 is 10.3 Å². The average Bonchev–Trinajstić information content (AvgIpc) is 2.22. The van der Waals surface area contributed by atoms with Crippen LogP contribution in [0.3, 0.4) is 0 Å². The van der Waals surface area contributed by atoms with Crippen molar-refractivity contribution in [3.63, 3.8) is 0 Å². The third-order valence-electron chi connectivity index (χ3n) is 2.11. The lowest BCUT2D eigenvalue weighted by Gasteiger charge is -2.06. The highest BCUT2D eigenvalue weighted by Gasteiger charge is 2.06. The Labute approximate surface area is 84.9 Å². The number of hydrogen-bond donors (Lipinski definition) is 0. The molecule has 5 nitrogen and oxygen atoms in total. The van der Waals surface area contributed by atoms with Crippen LogP contribution in [0.5, 0.6) is 0 Å². The molecule has 0 aliphatic heterocycles. The SMILES string of the molecule is Cc1ccnc2c1c(=O)ccn2OC=O. The Balaban J connectivity index is 2.88. The summed E-state index contributed by atoms with van der Waals surface area (Å²) in [6, 6.07) is 3.06. The van der Waals surface area contributed by atoms with Gasteiger partial charge in [0.05, 0.1) is 11.6 Å². The first-order chi connectivity index (χ1) is 7.24. The molecule has 0 bridgehead atoms. The number of aryl methyl sites for hydroxylation is 1. The maximum Gasteiger partial charge on any atom is 0.321 e. The third kappa shape index (κ3) is 1.48. The van der Waals surface area contributed by atoms with E-state index in [1.54, 1.807) is 19.2 Å². The second kappa shape index (κ2) is 3.53. The van der Waals surface area contributed by atoms with E-state index in [0.717, 1.165) is 10.3 Å². The topological polar surface area (TPSA) is 61.2 Å². The zero-order valence-electron chi connectivity index (χ0n) is 8.01. The van der Waals surface area contributed by atoms with Gasteiger partial charge in [-0.2, -0.15) is 4.73 Å². The number of hydrogen-bond acceptors (Lipinski definition) is 4. The maximum atomic E-state index is 11.6. The number of carbonyl (C=O) groups is 1. The fourth-order valence-electron chi connectivity index (χ4n) is 1.44. The van der Waals surface area contributed by atoms with Gasteiger partial charge in [-0.05, 0) is 18.6 Å². The van der Waals surface area contributed by atoms with Gasteiger partial charge in [0.15, 0.2) is 11.1 Å². The van der Waals surface area contributed by atoms with Crippen molar-refractivity contribution in [1.82, 2.24) is 9.71 Å². The van der Waals surface area contributed by atoms with E-state index in [-0.39, 0.29) is 11.9 Å². The Bertz CT molecular complexity index is 574. The van der Waals surface area contributed by atoms with Crippen molar-refractivity contribution in [2.24, 2.45) is 0 Å². The van der Waals surface area contributed by atoms with Gasteiger partial charge in [-0.15, -0.1) is 0 Å².